The van der Waals surface area contributed by atoms with Gasteiger partial charge in [-0.1, -0.05) is 6.07 Å². The predicted octanol–water partition coefficient (Wildman–Crippen LogP) is 3.50. The normalized spacial score (nSPS) is 18.9. The summed E-state index contributed by atoms with van der Waals surface area (Å²) in [6.45, 7) is 0.334. The lowest BCUT2D eigenvalue weighted by Gasteiger charge is -2.25. The summed E-state index contributed by atoms with van der Waals surface area (Å²) < 4.78 is 11.2. The Morgan fingerprint density at radius 2 is 1.89 bits per heavy atom. The van der Waals surface area contributed by atoms with Gasteiger partial charge >= 0.3 is 5.97 Å². The van der Waals surface area contributed by atoms with Gasteiger partial charge in [-0.05, 0) is 43.9 Å². The van der Waals surface area contributed by atoms with Crippen molar-refractivity contribution in [1.82, 2.24) is 4.98 Å². The van der Waals surface area contributed by atoms with Gasteiger partial charge in [0.1, 0.15) is 6.61 Å². The summed E-state index contributed by atoms with van der Waals surface area (Å²) in [5.74, 6) is -0.269. The predicted molar refractivity (Wildman–Crippen MR) is 103 cm³/mol. The van der Waals surface area contributed by atoms with Crippen LogP contribution in [0.3, 0.4) is 0 Å². The quantitative estimate of drug-likeness (QED) is 0.758. The number of benzene rings is 1. The molecule has 7 nitrogen and oxygen atoms in total. The van der Waals surface area contributed by atoms with E-state index < -0.39 is 5.97 Å². The number of nitrogens with zero attached hydrogens (tertiary/aromatic N) is 1. The van der Waals surface area contributed by atoms with Crippen LogP contribution in [0.1, 0.15) is 31.2 Å². The van der Waals surface area contributed by atoms with Gasteiger partial charge in [0.25, 0.3) is 0 Å². The Labute approximate surface area is 163 Å². The molecule has 0 atom stereocenters. The first-order valence-corrected chi connectivity index (χ1v) is 9.30. The molecule has 1 aliphatic carbocycles. The third kappa shape index (κ3) is 5.00. The number of hydrogen-bond acceptors (Lipinski definition) is 5. The van der Waals surface area contributed by atoms with Crippen molar-refractivity contribution >= 4 is 17.6 Å². The van der Waals surface area contributed by atoms with Crippen LogP contribution in [-0.2, 0) is 16.2 Å². The second-order valence-corrected chi connectivity index (χ2v) is 6.89. The Hall–Kier alpha value is -3.09. The molecule has 0 aliphatic heterocycles. The van der Waals surface area contributed by atoms with Crippen LogP contribution >= 0.6 is 0 Å². The topological polar surface area (TPSA) is 97.8 Å². The number of aliphatic carboxylic acids is 1. The van der Waals surface area contributed by atoms with E-state index in [9.17, 15) is 9.59 Å². The Morgan fingerprint density at radius 1 is 1.14 bits per heavy atom. The lowest BCUT2D eigenvalue weighted by atomic mass is 9.81. The summed E-state index contributed by atoms with van der Waals surface area (Å²) in [6.07, 6.45) is 5.67. The van der Waals surface area contributed by atoms with Crippen molar-refractivity contribution in [3.8, 4) is 11.5 Å². The molecule has 1 heterocycles. The van der Waals surface area contributed by atoms with Crippen molar-refractivity contribution < 1.29 is 24.2 Å². The molecule has 1 aromatic heterocycles. The summed E-state index contributed by atoms with van der Waals surface area (Å²) in [6, 6.07) is 8.99. The van der Waals surface area contributed by atoms with Crippen molar-refractivity contribution in [2.75, 3.05) is 12.4 Å². The average Bonchev–Trinajstić information content (AvgIpc) is 2.73. The number of carbonyl (C=O) groups excluding carboxylic acids is 1. The van der Waals surface area contributed by atoms with Crippen LogP contribution in [0.15, 0.2) is 42.7 Å². The van der Waals surface area contributed by atoms with Crippen LogP contribution in [0.2, 0.25) is 0 Å². The molecule has 7 heteroatoms. The molecule has 1 aromatic carbocycles. The standard InChI is InChI=1S/C21H24N2O5/c1-27-18-9-8-17(11-19(18)28-13-14-3-2-10-22-12-14)23-20(24)15-4-6-16(7-5-15)21(25)26/h2-3,8-12,15-16H,4-7,13H2,1H3,(H,23,24)(H,25,26). The van der Waals surface area contributed by atoms with E-state index in [0.717, 1.165) is 5.56 Å². The molecule has 0 bridgehead atoms. The molecule has 0 radical (unpaired) electrons. The number of ether oxygens (including phenoxy) is 2. The van der Waals surface area contributed by atoms with Gasteiger partial charge in [0, 0.05) is 35.6 Å². The molecule has 0 spiro atoms. The highest BCUT2D eigenvalue weighted by Crippen LogP contribution is 2.33. The summed E-state index contributed by atoms with van der Waals surface area (Å²) in [7, 11) is 1.56. The van der Waals surface area contributed by atoms with Crippen LogP contribution < -0.4 is 14.8 Å². The van der Waals surface area contributed by atoms with Crippen LogP contribution in [0.4, 0.5) is 5.69 Å². The fraction of sp³-hybridized carbons (Fsp3) is 0.381. The molecule has 0 saturated heterocycles. The number of carboxylic acids is 1. The number of aromatic nitrogens is 1. The fourth-order valence-corrected chi connectivity index (χ4v) is 3.36. The number of rotatable bonds is 7. The van der Waals surface area contributed by atoms with Gasteiger partial charge in [0.15, 0.2) is 11.5 Å². The summed E-state index contributed by atoms with van der Waals surface area (Å²) in [5.41, 5.74) is 1.54. The van der Waals surface area contributed by atoms with Gasteiger partial charge in [-0.2, -0.15) is 0 Å². The van der Waals surface area contributed by atoms with E-state index in [0.29, 0.717) is 49.5 Å². The molecule has 1 saturated carbocycles. The third-order valence-corrected chi connectivity index (χ3v) is 5.00. The number of carbonyl (C=O) groups is 2. The number of hydrogen-bond donors (Lipinski definition) is 2. The van der Waals surface area contributed by atoms with E-state index in [-0.39, 0.29) is 17.7 Å². The maximum Gasteiger partial charge on any atom is 0.306 e. The van der Waals surface area contributed by atoms with Crippen molar-refractivity contribution in [2.45, 2.75) is 32.3 Å². The van der Waals surface area contributed by atoms with E-state index in [1.807, 2.05) is 12.1 Å². The SMILES string of the molecule is COc1ccc(NC(=O)C2CCC(C(=O)O)CC2)cc1OCc1cccnc1. The molecule has 1 fully saturated rings. The molecule has 148 valence electrons. The highest BCUT2D eigenvalue weighted by atomic mass is 16.5. The smallest absolute Gasteiger partial charge is 0.306 e. The Morgan fingerprint density at radius 3 is 2.54 bits per heavy atom. The second kappa shape index (κ2) is 9.21. The molecular formula is C21H24N2O5. The minimum Gasteiger partial charge on any atom is -0.493 e. The maximum absolute atomic E-state index is 12.6. The number of carboxylic acid groups (broad SMARTS) is 1. The number of pyridine rings is 1. The van der Waals surface area contributed by atoms with Gasteiger partial charge in [-0.3, -0.25) is 14.6 Å². The summed E-state index contributed by atoms with van der Waals surface area (Å²) in [5, 5.41) is 12.0. The second-order valence-electron chi connectivity index (χ2n) is 6.89. The van der Waals surface area contributed by atoms with Gasteiger partial charge in [0.05, 0.1) is 13.0 Å². The van der Waals surface area contributed by atoms with E-state index in [1.165, 1.54) is 0 Å². The minimum atomic E-state index is -0.774. The highest BCUT2D eigenvalue weighted by molar-refractivity contribution is 5.93. The van der Waals surface area contributed by atoms with E-state index >= 15 is 0 Å². The lowest BCUT2D eigenvalue weighted by Crippen LogP contribution is -2.29. The van der Waals surface area contributed by atoms with Gasteiger partial charge < -0.3 is 19.9 Å². The van der Waals surface area contributed by atoms with Crippen LogP contribution in [0.5, 0.6) is 11.5 Å². The Bertz CT molecular complexity index is 817. The highest BCUT2D eigenvalue weighted by Gasteiger charge is 2.29. The zero-order valence-corrected chi connectivity index (χ0v) is 15.8. The Kier molecular flexibility index (Phi) is 6.47. The van der Waals surface area contributed by atoms with Crippen molar-refractivity contribution in [3.63, 3.8) is 0 Å². The van der Waals surface area contributed by atoms with Crippen LogP contribution in [0.25, 0.3) is 0 Å². The molecule has 3 rings (SSSR count). The fourth-order valence-electron chi connectivity index (χ4n) is 3.36. The van der Waals surface area contributed by atoms with E-state index in [2.05, 4.69) is 10.3 Å². The van der Waals surface area contributed by atoms with Crippen molar-refractivity contribution in [2.24, 2.45) is 11.8 Å². The van der Waals surface area contributed by atoms with Crippen molar-refractivity contribution in [1.29, 1.82) is 0 Å². The number of methoxy groups -OCH3 is 1. The molecule has 1 aliphatic rings. The van der Waals surface area contributed by atoms with Crippen molar-refractivity contribution in [3.05, 3.63) is 48.3 Å². The van der Waals surface area contributed by atoms with Crippen LogP contribution in [-0.4, -0.2) is 29.1 Å². The molecule has 2 N–H and O–H groups in total. The third-order valence-electron chi connectivity index (χ3n) is 5.00. The minimum absolute atomic E-state index is 0.0905. The monoisotopic (exact) mass is 384 g/mol. The number of amides is 1. The molecular weight excluding hydrogens is 360 g/mol. The first-order valence-electron chi connectivity index (χ1n) is 9.30. The first kappa shape index (κ1) is 19.7. The van der Waals surface area contributed by atoms with Gasteiger partial charge in [-0.15, -0.1) is 0 Å². The lowest BCUT2D eigenvalue weighted by molar-refractivity contribution is -0.143. The molecule has 28 heavy (non-hydrogen) atoms. The maximum atomic E-state index is 12.6. The summed E-state index contributed by atoms with van der Waals surface area (Å²) in [4.78, 5) is 27.7. The van der Waals surface area contributed by atoms with Gasteiger partial charge in [-0.25, -0.2) is 0 Å². The van der Waals surface area contributed by atoms with E-state index in [1.54, 1.807) is 37.7 Å². The number of anilines is 1. The largest absolute Gasteiger partial charge is 0.493 e. The van der Waals surface area contributed by atoms with Crippen LogP contribution in [0, 0.1) is 11.8 Å². The number of nitrogens with one attached hydrogen (secondary N) is 1. The molecule has 0 unspecified atom stereocenters. The zero-order valence-electron chi connectivity index (χ0n) is 15.8. The van der Waals surface area contributed by atoms with E-state index in [4.69, 9.17) is 14.6 Å². The first-order chi connectivity index (χ1) is 13.6. The van der Waals surface area contributed by atoms with Gasteiger partial charge in [0.2, 0.25) is 5.91 Å². The molecule has 1 amide bonds. The average molecular weight is 384 g/mol. The molecule has 2 aromatic rings. The zero-order chi connectivity index (χ0) is 19.9. The Balaban J connectivity index is 1.62. The summed E-state index contributed by atoms with van der Waals surface area (Å²) >= 11 is 0.